The normalized spacial score (nSPS) is 9.83. The van der Waals surface area contributed by atoms with Crippen LogP contribution in [0.4, 0.5) is 10.5 Å². The van der Waals surface area contributed by atoms with Crippen molar-refractivity contribution in [1.29, 1.82) is 0 Å². The van der Waals surface area contributed by atoms with Crippen molar-refractivity contribution in [3.05, 3.63) is 52.2 Å². The predicted molar refractivity (Wildman–Crippen MR) is 72.0 cm³/mol. The molecule has 2 aromatic rings. The first-order chi connectivity index (χ1) is 8.66. The van der Waals surface area contributed by atoms with Crippen molar-refractivity contribution >= 4 is 29.0 Å². The number of urea groups is 1. The van der Waals surface area contributed by atoms with Crippen LogP contribution in [-0.4, -0.2) is 11.9 Å². The van der Waals surface area contributed by atoms with E-state index in [2.05, 4.69) is 10.6 Å². The highest BCUT2D eigenvalue weighted by atomic mass is 32.1. The standard InChI is InChI=1S/C13H12N2O2S/c1-9-5-2-3-6-10(9)14-13(17)15-12(16)11-7-4-8-18-11/h2-8H,1H3,(H2,14,15,16,17). The minimum atomic E-state index is -0.525. The maximum absolute atomic E-state index is 11.6. The number of hydrogen-bond acceptors (Lipinski definition) is 3. The number of amides is 3. The third-order valence-electron chi connectivity index (χ3n) is 2.37. The molecule has 92 valence electrons. The molecule has 0 aliphatic carbocycles. The topological polar surface area (TPSA) is 58.2 Å². The van der Waals surface area contributed by atoms with Crippen LogP contribution in [0.3, 0.4) is 0 Å². The van der Waals surface area contributed by atoms with Gasteiger partial charge in [-0.15, -0.1) is 11.3 Å². The van der Waals surface area contributed by atoms with E-state index >= 15 is 0 Å². The molecule has 0 saturated carbocycles. The maximum atomic E-state index is 11.6. The summed E-state index contributed by atoms with van der Waals surface area (Å²) in [6.45, 7) is 1.89. The van der Waals surface area contributed by atoms with Gasteiger partial charge >= 0.3 is 6.03 Å². The number of aryl methyl sites for hydroxylation is 1. The SMILES string of the molecule is Cc1ccccc1NC(=O)NC(=O)c1cccs1. The Labute approximate surface area is 109 Å². The van der Waals surface area contributed by atoms with Gasteiger partial charge in [0.05, 0.1) is 4.88 Å². The number of carbonyl (C=O) groups is 2. The number of benzene rings is 1. The van der Waals surface area contributed by atoms with Gasteiger partial charge in [-0.1, -0.05) is 24.3 Å². The zero-order valence-electron chi connectivity index (χ0n) is 9.77. The Hall–Kier alpha value is -2.14. The number of nitrogens with one attached hydrogen (secondary N) is 2. The Bertz CT molecular complexity index is 564. The molecule has 0 bridgehead atoms. The van der Waals surface area contributed by atoms with E-state index in [1.807, 2.05) is 25.1 Å². The number of para-hydroxylation sites is 1. The van der Waals surface area contributed by atoms with Crippen LogP contribution in [0.1, 0.15) is 15.2 Å². The lowest BCUT2D eigenvalue weighted by Gasteiger charge is -2.08. The molecule has 2 rings (SSSR count). The van der Waals surface area contributed by atoms with Crippen molar-refractivity contribution in [2.24, 2.45) is 0 Å². The van der Waals surface area contributed by atoms with E-state index in [9.17, 15) is 9.59 Å². The van der Waals surface area contributed by atoms with Gasteiger partial charge in [0.1, 0.15) is 0 Å². The first-order valence-corrected chi connectivity index (χ1v) is 6.26. The summed E-state index contributed by atoms with van der Waals surface area (Å²) >= 11 is 1.29. The Balaban J connectivity index is 1.98. The molecule has 4 nitrogen and oxygen atoms in total. The maximum Gasteiger partial charge on any atom is 0.326 e. The van der Waals surface area contributed by atoms with Gasteiger partial charge in [0.25, 0.3) is 5.91 Å². The molecule has 1 aromatic carbocycles. The van der Waals surface area contributed by atoms with E-state index in [0.717, 1.165) is 5.56 Å². The smallest absolute Gasteiger partial charge is 0.307 e. The molecule has 0 spiro atoms. The van der Waals surface area contributed by atoms with Gasteiger partial charge in [0.2, 0.25) is 0 Å². The largest absolute Gasteiger partial charge is 0.326 e. The number of anilines is 1. The zero-order valence-corrected chi connectivity index (χ0v) is 10.6. The molecule has 1 aromatic heterocycles. The third kappa shape index (κ3) is 2.95. The quantitative estimate of drug-likeness (QED) is 0.872. The van der Waals surface area contributed by atoms with Gasteiger partial charge in [0.15, 0.2) is 0 Å². The van der Waals surface area contributed by atoms with Gasteiger partial charge in [-0.3, -0.25) is 10.1 Å². The fourth-order valence-electron chi connectivity index (χ4n) is 1.44. The molecule has 1 heterocycles. The fraction of sp³-hybridized carbons (Fsp3) is 0.0769. The van der Waals surface area contributed by atoms with E-state index in [1.165, 1.54) is 11.3 Å². The predicted octanol–water partition coefficient (Wildman–Crippen LogP) is 3.02. The van der Waals surface area contributed by atoms with Crippen LogP contribution in [0.15, 0.2) is 41.8 Å². The lowest BCUT2D eigenvalue weighted by molar-refractivity contribution is 0.0971. The summed E-state index contributed by atoms with van der Waals surface area (Å²) in [7, 11) is 0. The molecular weight excluding hydrogens is 248 g/mol. The number of carbonyl (C=O) groups excluding carboxylic acids is 2. The van der Waals surface area contributed by atoms with Crippen LogP contribution in [0.5, 0.6) is 0 Å². The van der Waals surface area contributed by atoms with Crippen LogP contribution in [0.2, 0.25) is 0 Å². The van der Waals surface area contributed by atoms with Gasteiger partial charge < -0.3 is 5.32 Å². The number of rotatable bonds is 2. The molecule has 0 fully saturated rings. The second kappa shape index (κ2) is 5.46. The summed E-state index contributed by atoms with van der Waals surface area (Å²) in [5.41, 5.74) is 1.63. The van der Waals surface area contributed by atoms with Crippen molar-refractivity contribution in [1.82, 2.24) is 5.32 Å². The van der Waals surface area contributed by atoms with Gasteiger partial charge in [-0.2, -0.15) is 0 Å². The second-order valence-electron chi connectivity index (χ2n) is 3.70. The Morgan fingerprint density at radius 1 is 1.11 bits per heavy atom. The van der Waals surface area contributed by atoms with Gasteiger partial charge in [-0.25, -0.2) is 4.79 Å². The molecule has 0 radical (unpaired) electrons. The summed E-state index contributed by atoms with van der Waals surface area (Å²) < 4.78 is 0. The van der Waals surface area contributed by atoms with E-state index in [-0.39, 0.29) is 0 Å². The lowest BCUT2D eigenvalue weighted by atomic mass is 10.2. The first kappa shape index (κ1) is 12.3. The fourth-order valence-corrected chi connectivity index (χ4v) is 2.06. The molecule has 5 heteroatoms. The van der Waals surface area contributed by atoms with Crippen LogP contribution in [0, 0.1) is 6.92 Å². The van der Waals surface area contributed by atoms with Gasteiger partial charge in [-0.05, 0) is 30.0 Å². The first-order valence-electron chi connectivity index (χ1n) is 5.38. The van der Waals surface area contributed by atoms with Crippen molar-refractivity contribution in [3.63, 3.8) is 0 Å². The van der Waals surface area contributed by atoms with Gasteiger partial charge in [0, 0.05) is 5.69 Å². The Kier molecular flexibility index (Phi) is 3.74. The second-order valence-corrected chi connectivity index (χ2v) is 4.65. The molecule has 2 N–H and O–H groups in total. The average molecular weight is 260 g/mol. The summed E-state index contributed by atoms with van der Waals surface area (Å²) in [5, 5.41) is 6.70. The molecule has 3 amide bonds. The van der Waals surface area contributed by atoms with Crippen molar-refractivity contribution in [3.8, 4) is 0 Å². The highest BCUT2D eigenvalue weighted by molar-refractivity contribution is 7.12. The van der Waals surface area contributed by atoms with Crippen molar-refractivity contribution in [2.45, 2.75) is 6.92 Å². The van der Waals surface area contributed by atoms with E-state index in [1.54, 1.807) is 23.6 Å². The lowest BCUT2D eigenvalue weighted by Crippen LogP contribution is -2.34. The van der Waals surface area contributed by atoms with E-state index in [0.29, 0.717) is 10.6 Å². The number of imide groups is 1. The molecule has 0 aliphatic rings. The zero-order chi connectivity index (χ0) is 13.0. The summed E-state index contributed by atoms with van der Waals surface area (Å²) in [5.74, 6) is -0.393. The Morgan fingerprint density at radius 3 is 2.56 bits per heavy atom. The van der Waals surface area contributed by atoms with Crippen LogP contribution >= 0.6 is 11.3 Å². The average Bonchev–Trinajstić information content (AvgIpc) is 2.85. The number of hydrogen-bond donors (Lipinski definition) is 2. The molecule has 0 unspecified atom stereocenters. The molecule has 0 atom stereocenters. The van der Waals surface area contributed by atoms with Crippen molar-refractivity contribution < 1.29 is 9.59 Å². The minimum Gasteiger partial charge on any atom is -0.307 e. The van der Waals surface area contributed by atoms with E-state index < -0.39 is 11.9 Å². The summed E-state index contributed by atoms with van der Waals surface area (Å²) in [6.07, 6.45) is 0. The summed E-state index contributed by atoms with van der Waals surface area (Å²) in [4.78, 5) is 23.8. The van der Waals surface area contributed by atoms with Crippen LogP contribution in [-0.2, 0) is 0 Å². The van der Waals surface area contributed by atoms with E-state index in [4.69, 9.17) is 0 Å². The van der Waals surface area contributed by atoms with Crippen LogP contribution in [0.25, 0.3) is 0 Å². The summed E-state index contributed by atoms with van der Waals surface area (Å²) in [6, 6.07) is 10.3. The number of thiophene rings is 1. The minimum absolute atomic E-state index is 0.393. The molecule has 18 heavy (non-hydrogen) atoms. The monoisotopic (exact) mass is 260 g/mol. The highest BCUT2D eigenvalue weighted by Gasteiger charge is 2.11. The molecule has 0 aliphatic heterocycles. The van der Waals surface area contributed by atoms with Crippen LogP contribution < -0.4 is 10.6 Å². The highest BCUT2D eigenvalue weighted by Crippen LogP contribution is 2.13. The molecular formula is C13H12N2O2S. The van der Waals surface area contributed by atoms with Crippen molar-refractivity contribution in [2.75, 3.05) is 5.32 Å². The third-order valence-corrected chi connectivity index (χ3v) is 3.23. The Morgan fingerprint density at radius 2 is 1.89 bits per heavy atom. The molecule has 0 saturated heterocycles.